The van der Waals surface area contributed by atoms with Crippen molar-refractivity contribution in [3.63, 3.8) is 0 Å². The molecule has 0 aromatic heterocycles. The number of carbonyl (C=O) groups excluding carboxylic acids is 1. The number of carbonyl (C=O) groups is 1. The van der Waals surface area contributed by atoms with E-state index in [1.54, 1.807) is 23.9 Å². The van der Waals surface area contributed by atoms with E-state index in [-0.39, 0.29) is 16.8 Å². The third-order valence-corrected chi connectivity index (χ3v) is 8.89. The Morgan fingerprint density at radius 2 is 1.84 bits per heavy atom. The standard InChI is InChI=1S/C23H29N3O3S2/c1-25(2)31(28,29)17-10-11-21(26-13-6-3-7-14-26)19(16-17)23(27)24-20-12-15-30-22-9-5-4-8-18(20)22/h4-5,8-11,16,20H,3,6-7,12-15H2,1-2H3,(H,24,27). The van der Waals surface area contributed by atoms with Gasteiger partial charge in [-0.15, -0.1) is 11.8 Å². The summed E-state index contributed by atoms with van der Waals surface area (Å²) >= 11 is 1.81. The second kappa shape index (κ2) is 9.22. The van der Waals surface area contributed by atoms with Gasteiger partial charge in [0.1, 0.15) is 0 Å². The highest BCUT2D eigenvalue weighted by molar-refractivity contribution is 7.99. The summed E-state index contributed by atoms with van der Waals surface area (Å²) in [5.41, 5.74) is 2.37. The molecule has 4 rings (SSSR count). The normalized spacial score (nSPS) is 19.2. The highest BCUT2D eigenvalue weighted by atomic mass is 32.2. The van der Waals surface area contributed by atoms with Gasteiger partial charge in [0, 0.05) is 43.5 Å². The van der Waals surface area contributed by atoms with Gasteiger partial charge in [-0.05, 0) is 55.5 Å². The number of anilines is 1. The number of hydrogen-bond donors (Lipinski definition) is 1. The van der Waals surface area contributed by atoms with Crippen LogP contribution in [-0.4, -0.2) is 51.6 Å². The number of rotatable bonds is 5. The topological polar surface area (TPSA) is 69.7 Å². The summed E-state index contributed by atoms with van der Waals surface area (Å²) in [5, 5.41) is 3.19. The highest BCUT2D eigenvalue weighted by Gasteiger charge is 2.27. The minimum absolute atomic E-state index is 0.0757. The lowest BCUT2D eigenvalue weighted by Gasteiger charge is -2.31. The van der Waals surface area contributed by atoms with Gasteiger partial charge in [0.2, 0.25) is 10.0 Å². The first kappa shape index (κ1) is 22.2. The van der Waals surface area contributed by atoms with E-state index < -0.39 is 10.0 Å². The Bertz CT molecular complexity index is 1060. The van der Waals surface area contributed by atoms with E-state index in [4.69, 9.17) is 0 Å². The monoisotopic (exact) mass is 459 g/mol. The average molecular weight is 460 g/mol. The third-order valence-electron chi connectivity index (χ3n) is 5.95. The van der Waals surface area contributed by atoms with Crippen LogP contribution in [0.25, 0.3) is 0 Å². The number of fused-ring (bicyclic) bond motifs is 1. The Labute approximate surface area is 189 Å². The number of piperidine rings is 1. The number of thioether (sulfide) groups is 1. The Kier molecular flexibility index (Phi) is 6.60. The summed E-state index contributed by atoms with van der Waals surface area (Å²) < 4.78 is 26.6. The van der Waals surface area contributed by atoms with Crippen LogP contribution in [0.15, 0.2) is 52.3 Å². The molecule has 1 saturated heterocycles. The first-order valence-corrected chi connectivity index (χ1v) is 13.1. The van der Waals surface area contributed by atoms with Gasteiger partial charge in [-0.2, -0.15) is 0 Å². The molecule has 1 amide bonds. The molecule has 31 heavy (non-hydrogen) atoms. The van der Waals surface area contributed by atoms with E-state index in [9.17, 15) is 13.2 Å². The maximum Gasteiger partial charge on any atom is 0.253 e. The minimum Gasteiger partial charge on any atom is -0.371 e. The highest BCUT2D eigenvalue weighted by Crippen LogP contribution is 2.36. The zero-order valence-electron chi connectivity index (χ0n) is 18.0. The number of nitrogens with one attached hydrogen (secondary N) is 1. The van der Waals surface area contributed by atoms with Crippen molar-refractivity contribution in [2.24, 2.45) is 0 Å². The Morgan fingerprint density at radius 3 is 2.58 bits per heavy atom. The zero-order chi connectivity index (χ0) is 22.0. The van der Waals surface area contributed by atoms with Crippen molar-refractivity contribution >= 4 is 33.4 Å². The van der Waals surface area contributed by atoms with Crippen LogP contribution < -0.4 is 10.2 Å². The van der Waals surface area contributed by atoms with Crippen LogP contribution in [0.5, 0.6) is 0 Å². The summed E-state index contributed by atoms with van der Waals surface area (Å²) in [6.07, 6.45) is 4.18. The fourth-order valence-electron chi connectivity index (χ4n) is 4.21. The zero-order valence-corrected chi connectivity index (χ0v) is 19.6. The first-order valence-electron chi connectivity index (χ1n) is 10.7. The van der Waals surface area contributed by atoms with Gasteiger partial charge in [-0.3, -0.25) is 4.79 Å². The fraction of sp³-hybridized carbons (Fsp3) is 0.435. The average Bonchev–Trinajstić information content (AvgIpc) is 2.79. The van der Waals surface area contributed by atoms with Gasteiger partial charge in [0.25, 0.3) is 5.91 Å². The number of hydrogen-bond acceptors (Lipinski definition) is 5. The van der Waals surface area contributed by atoms with E-state index in [1.165, 1.54) is 35.8 Å². The van der Waals surface area contributed by atoms with Crippen molar-refractivity contribution in [1.29, 1.82) is 0 Å². The second-order valence-corrected chi connectivity index (χ2v) is 11.5. The Morgan fingerprint density at radius 1 is 1.10 bits per heavy atom. The molecule has 1 N–H and O–H groups in total. The van der Waals surface area contributed by atoms with E-state index in [0.717, 1.165) is 49.4 Å². The molecule has 1 fully saturated rings. The van der Waals surface area contributed by atoms with Gasteiger partial charge in [-0.1, -0.05) is 18.2 Å². The first-order chi connectivity index (χ1) is 14.9. The predicted molar refractivity (Wildman–Crippen MR) is 125 cm³/mol. The summed E-state index contributed by atoms with van der Waals surface area (Å²) in [6.45, 7) is 1.76. The van der Waals surface area contributed by atoms with Crippen molar-refractivity contribution in [3.8, 4) is 0 Å². The largest absolute Gasteiger partial charge is 0.371 e. The molecule has 0 bridgehead atoms. The van der Waals surface area contributed by atoms with Crippen LogP contribution in [0.1, 0.15) is 47.6 Å². The molecule has 2 aliphatic heterocycles. The number of nitrogens with zero attached hydrogens (tertiary/aromatic N) is 2. The summed E-state index contributed by atoms with van der Waals surface area (Å²) in [5.74, 6) is 0.721. The van der Waals surface area contributed by atoms with Crippen molar-refractivity contribution in [1.82, 2.24) is 9.62 Å². The van der Waals surface area contributed by atoms with Crippen LogP contribution in [0.4, 0.5) is 5.69 Å². The molecule has 166 valence electrons. The van der Waals surface area contributed by atoms with E-state index in [0.29, 0.717) is 5.56 Å². The van der Waals surface area contributed by atoms with Gasteiger partial charge in [0.15, 0.2) is 0 Å². The van der Waals surface area contributed by atoms with Crippen molar-refractivity contribution in [3.05, 3.63) is 53.6 Å². The maximum absolute atomic E-state index is 13.5. The number of sulfonamides is 1. The van der Waals surface area contributed by atoms with Crippen LogP contribution in [0.3, 0.4) is 0 Å². The fourth-order valence-corrected chi connectivity index (χ4v) is 6.26. The van der Waals surface area contributed by atoms with Crippen LogP contribution in [-0.2, 0) is 10.0 Å². The summed E-state index contributed by atoms with van der Waals surface area (Å²) in [4.78, 5) is 17.0. The molecule has 2 heterocycles. The molecule has 0 saturated carbocycles. The molecule has 6 nitrogen and oxygen atoms in total. The SMILES string of the molecule is CN(C)S(=O)(=O)c1ccc(N2CCCCC2)c(C(=O)NC2CCSc3ccccc32)c1. The van der Waals surface area contributed by atoms with Crippen molar-refractivity contribution in [2.75, 3.05) is 37.8 Å². The lowest BCUT2D eigenvalue weighted by atomic mass is 10.0. The van der Waals surface area contributed by atoms with E-state index >= 15 is 0 Å². The molecule has 2 aromatic carbocycles. The summed E-state index contributed by atoms with van der Waals surface area (Å²) in [6, 6.07) is 13.0. The van der Waals surface area contributed by atoms with E-state index in [2.05, 4.69) is 22.3 Å². The molecule has 0 spiro atoms. The quantitative estimate of drug-likeness (QED) is 0.735. The van der Waals surface area contributed by atoms with E-state index in [1.807, 2.05) is 12.1 Å². The smallest absolute Gasteiger partial charge is 0.253 e. The molecule has 1 atom stereocenters. The Hall–Kier alpha value is -2.03. The lowest BCUT2D eigenvalue weighted by Crippen LogP contribution is -2.35. The van der Waals surface area contributed by atoms with Crippen LogP contribution >= 0.6 is 11.8 Å². The molecule has 2 aliphatic rings. The molecule has 0 radical (unpaired) electrons. The number of benzene rings is 2. The van der Waals surface area contributed by atoms with Crippen molar-refractivity contribution < 1.29 is 13.2 Å². The Balaban J connectivity index is 1.70. The van der Waals surface area contributed by atoms with Gasteiger partial charge in [-0.25, -0.2) is 12.7 Å². The van der Waals surface area contributed by atoms with Crippen LogP contribution in [0, 0.1) is 0 Å². The molecule has 0 aliphatic carbocycles. The van der Waals surface area contributed by atoms with Gasteiger partial charge < -0.3 is 10.2 Å². The predicted octanol–water partition coefficient (Wildman–Crippen LogP) is 3.89. The lowest BCUT2D eigenvalue weighted by molar-refractivity contribution is 0.0935. The van der Waals surface area contributed by atoms with Crippen LogP contribution in [0.2, 0.25) is 0 Å². The molecule has 2 aromatic rings. The molecular formula is C23H29N3O3S2. The van der Waals surface area contributed by atoms with Gasteiger partial charge in [0.05, 0.1) is 16.5 Å². The third kappa shape index (κ3) is 4.61. The minimum atomic E-state index is -3.63. The summed E-state index contributed by atoms with van der Waals surface area (Å²) in [7, 11) is -0.622. The molecule has 8 heteroatoms. The number of amides is 1. The van der Waals surface area contributed by atoms with Crippen molar-refractivity contribution in [2.45, 2.75) is 41.5 Å². The maximum atomic E-state index is 13.5. The molecule has 1 unspecified atom stereocenters. The second-order valence-electron chi connectivity index (χ2n) is 8.22. The van der Waals surface area contributed by atoms with Gasteiger partial charge >= 0.3 is 0 Å². The molecular weight excluding hydrogens is 430 g/mol.